The van der Waals surface area contributed by atoms with E-state index in [2.05, 4.69) is 0 Å². The van der Waals surface area contributed by atoms with Crippen molar-refractivity contribution in [1.29, 1.82) is 0 Å². The minimum absolute atomic E-state index is 0.243. The molecule has 0 bridgehead atoms. The molecule has 0 aromatic rings. The molecule has 2 aliphatic rings. The van der Waals surface area contributed by atoms with Gasteiger partial charge in [-0.2, -0.15) is 0 Å². The van der Waals surface area contributed by atoms with Crippen molar-refractivity contribution in [3.63, 3.8) is 0 Å². The second-order valence-corrected chi connectivity index (χ2v) is 8.29. The summed E-state index contributed by atoms with van der Waals surface area (Å²) in [5.74, 6) is 0.928. The molecular formula is C16H28N2O4. The topological polar surface area (TPSA) is 59.1 Å². The summed E-state index contributed by atoms with van der Waals surface area (Å²) in [4.78, 5) is 27.2. The summed E-state index contributed by atoms with van der Waals surface area (Å²) >= 11 is 0. The van der Waals surface area contributed by atoms with Crippen LogP contribution in [0.3, 0.4) is 0 Å². The van der Waals surface area contributed by atoms with Crippen molar-refractivity contribution in [3.05, 3.63) is 0 Å². The fourth-order valence-corrected chi connectivity index (χ4v) is 2.57. The van der Waals surface area contributed by atoms with Crippen LogP contribution in [-0.4, -0.2) is 59.4 Å². The van der Waals surface area contributed by atoms with Crippen molar-refractivity contribution >= 4 is 12.2 Å². The Morgan fingerprint density at radius 3 is 1.23 bits per heavy atom. The van der Waals surface area contributed by atoms with Crippen molar-refractivity contribution in [2.45, 2.75) is 52.7 Å². The molecule has 2 amide bonds. The monoisotopic (exact) mass is 312 g/mol. The molecule has 0 aliphatic carbocycles. The third-order valence-corrected chi connectivity index (χ3v) is 3.79. The molecule has 2 aliphatic heterocycles. The molecule has 126 valence electrons. The molecule has 22 heavy (non-hydrogen) atoms. The van der Waals surface area contributed by atoms with Crippen molar-refractivity contribution in [2.24, 2.45) is 11.8 Å². The highest BCUT2D eigenvalue weighted by molar-refractivity contribution is 5.70. The van der Waals surface area contributed by atoms with Gasteiger partial charge in [0.1, 0.15) is 11.2 Å². The van der Waals surface area contributed by atoms with E-state index >= 15 is 0 Å². The molecule has 0 aromatic heterocycles. The lowest BCUT2D eigenvalue weighted by Gasteiger charge is -2.50. The Labute approximate surface area is 132 Å². The Morgan fingerprint density at radius 2 is 1.00 bits per heavy atom. The van der Waals surface area contributed by atoms with Gasteiger partial charge in [0.15, 0.2) is 0 Å². The van der Waals surface area contributed by atoms with Crippen LogP contribution in [0.25, 0.3) is 0 Å². The first-order valence-electron chi connectivity index (χ1n) is 7.90. The molecule has 0 unspecified atom stereocenters. The highest BCUT2D eigenvalue weighted by Crippen LogP contribution is 2.32. The molecule has 0 radical (unpaired) electrons. The summed E-state index contributed by atoms with van der Waals surface area (Å²) in [6.45, 7) is 14.1. The van der Waals surface area contributed by atoms with Gasteiger partial charge in [0, 0.05) is 38.0 Å². The Morgan fingerprint density at radius 1 is 0.727 bits per heavy atom. The van der Waals surface area contributed by atoms with Crippen LogP contribution in [0.5, 0.6) is 0 Å². The molecular weight excluding hydrogens is 284 g/mol. The highest BCUT2D eigenvalue weighted by atomic mass is 16.6. The SMILES string of the molecule is CC(C)(C)OC(=O)N1CC(C2CN(C(=O)OC(C)(C)C)C2)C1. The summed E-state index contributed by atoms with van der Waals surface area (Å²) in [5, 5.41) is 0. The summed E-state index contributed by atoms with van der Waals surface area (Å²) in [5.41, 5.74) is -0.904. The van der Waals surface area contributed by atoms with Gasteiger partial charge in [0.05, 0.1) is 0 Å². The van der Waals surface area contributed by atoms with Crippen molar-refractivity contribution in [3.8, 4) is 0 Å². The zero-order valence-electron chi connectivity index (χ0n) is 14.5. The first kappa shape index (κ1) is 16.9. The van der Waals surface area contributed by atoms with E-state index in [1.807, 2.05) is 41.5 Å². The summed E-state index contributed by atoms with van der Waals surface area (Å²) in [6.07, 6.45) is -0.487. The fraction of sp³-hybridized carbons (Fsp3) is 0.875. The standard InChI is InChI=1S/C16H28N2O4/c1-15(2,3)21-13(19)17-7-11(8-17)12-9-18(10-12)14(20)22-16(4,5)6/h11-12H,7-10H2,1-6H3. The first-order chi connectivity index (χ1) is 9.94. The number of nitrogens with zero attached hydrogens (tertiary/aromatic N) is 2. The van der Waals surface area contributed by atoms with Gasteiger partial charge in [-0.3, -0.25) is 0 Å². The lowest BCUT2D eigenvalue weighted by atomic mass is 9.81. The van der Waals surface area contributed by atoms with E-state index in [4.69, 9.17) is 9.47 Å². The zero-order chi connectivity index (χ0) is 16.7. The van der Waals surface area contributed by atoms with Crippen LogP contribution in [0.4, 0.5) is 9.59 Å². The van der Waals surface area contributed by atoms with Crippen LogP contribution in [0.15, 0.2) is 0 Å². The van der Waals surface area contributed by atoms with Crippen molar-refractivity contribution in [1.82, 2.24) is 9.80 Å². The molecule has 2 saturated heterocycles. The molecule has 2 fully saturated rings. The number of hydrogen-bond donors (Lipinski definition) is 0. The normalized spacial score (nSPS) is 20.3. The highest BCUT2D eigenvalue weighted by Gasteiger charge is 2.44. The van der Waals surface area contributed by atoms with Gasteiger partial charge in [-0.25, -0.2) is 9.59 Å². The summed E-state index contributed by atoms with van der Waals surface area (Å²) in [6, 6.07) is 0. The third kappa shape index (κ3) is 4.27. The van der Waals surface area contributed by atoms with Crippen molar-refractivity contribution in [2.75, 3.05) is 26.2 Å². The molecule has 0 saturated carbocycles. The van der Waals surface area contributed by atoms with Gasteiger partial charge >= 0.3 is 12.2 Å². The molecule has 2 heterocycles. The predicted octanol–water partition coefficient (Wildman–Crippen LogP) is 2.72. The number of ether oxygens (including phenoxy) is 2. The summed E-state index contributed by atoms with van der Waals surface area (Å²) < 4.78 is 10.7. The average molecular weight is 312 g/mol. The lowest BCUT2D eigenvalue weighted by molar-refractivity contribution is -0.0479. The number of amides is 2. The molecule has 0 N–H and O–H groups in total. The second kappa shape index (κ2) is 5.63. The third-order valence-electron chi connectivity index (χ3n) is 3.79. The number of carbonyl (C=O) groups excluding carboxylic acids is 2. The van der Waals surface area contributed by atoms with Crippen LogP contribution in [-0.2, 0) is 9.47 Å². The van der Waals surface area contributed by atoms with E-state index in [9.17, 15) is 9.59 Å². The molecule has 0 spiro atoms. The van der Waals surface area contributed by atoms with E-state index in [0.717, 1.165) is 26.2 Å². The van der Waals surface area contributed by atoms with Crippen LogP contribution in [0, 0.1) is 11.8 Å². The van der Waals surface area contributed by atoms with E-state index in [-0.39, 0.29) is 12.2 Å². The predicted molar refractivity (Wildman–Crippen MR) is 82.6 cm³/mol. The van der Waals surface area contributed by atoms with Gasteiger partial charge in [-0.05, 0) is 41.5 Å². The van der Waals surface area contributed by atoms with Gasteiger partial charge in [-0.15, -0.1) is 0 Å². The zero-order valence-corrected chi connectivity index (χ0v) is 14.5. The lowest BCUT2D eigenvalue weighted by Crippen LogP contribution is -2.62. The minimum Gasteiger partial charge on any atom is -0.444 e. The van der Waals surface area contributed by atoms with Gasteiger partial charge in [0.2, 0.25) is 0 Å². The number of carbonyl (C=O) groups is 2. The largest absolute Gasteiger partial charge is 0.444 e. The maximum atomic E-state index is 11.9. The molecule has 6 nitrogen and oxygen atoms in total. The van der Waals surface area contributed by atoms with Gasteiger partial charge in [0.25, 0.3) is 0 Å². The quantitative estimate of drug-likeness (QED) is 0.747. The van der Waals surface area contributed by atoms with Crippen LogP contribution in [0.2, 0.25) is 0 Å². The molecule has 2 rings (SSSR count). The van der Waals surface area contributed by atoms with E-state index in [0.29, 0.717) is 11.8 Å². The van der Waals surface area contributed by atoms with Gasteiger partial charge in [-0.1, -0.05) is 0 Å². The van der Waals surface area contributed by atoms with Crippen molar-refractivity contribution < 1.29 is 19.1 Å². The molecule has 0 atom stereocenters. The number of rotatable bonds is 1. The maximum absolute atomic E-state index is 11.9. The second-order valence-electron chi connectivity index (χ2n) is 8.29. The van der Waals surface area contributed by atoms with Crippen LogP contribution in [0.1, 0.15) is 41.5 Å². The Hall–Kier alpha value is -1.46. The average Bonchev–Trinajstić information content (AvgIpc) is 2.12. The van der Waals surface area contributed by atoms with E-state index in [1.165, 1.54) is 0 Å². The van der Waals surface area contributed by atoms with E-state index < -0.39 is 11.2 Å². The first-order valence-corrected chi connectivity index (χ1v) is 7.90. The smallest absolute Gasteiger partial charge is 0.410 e. The summed E-state index contributed by atoms with van der Waals surface area (Å²) in [7, 11) is 0. The number of hydrogen-bond acceptors (Lipinski definition) is 4. The minimum atomic E-state index is -0.452. The van der Waals surface area contributed by atoms with E-state index in [1.54, 1.807) is 9.80 Å². The fourth-order valence-electron chi connectivity index (χ4n) is 2.57. The Balaban J connectivity index is 1.67. The maximum Gasteiger partial charge on any atom is 0.410 e. The Kier molecular flexibility index (Phi) is 4.33. The Bertz CT molecular complexity index is 396. The van der Waals surface area contributed by atoms with Gasteiger partial charge < -0.3 is 19.3 Å². The van der Waals surface area contributed by atoms with Crippen LogP contribution < -0.4 is 0 Å². The molecule has 0 aromatic carbocycles. The van der Waals surface area contributed by atoms with Crippen LogP contribution >= 0.6 is 0 Å². The number of likely N-dealkylation sites (tertiary alicyclic amines) is 2. The molecule has 6 heteroatoms.